The van der Waals surface area contributed by atoms with Crippen LogP contribution >= 0.6 is 0 Å². The van der Waals surface area contributed by atoms with Crippen molar-refractivity contribution in [2.45, 2.75) is 6.61 Å². The van der Waals surface area contributed by atoms with Crippen LogP contribution in [-0.2, 0) is 0 Å². The number of nitrogens with one attached hydrogen (secondary N) is 2. The SMILES string of the molecule is COc1cccc(NC(=O)c2cc(-c3ccc(OC(F)F)cc3)n[nH]2)c1. The molecule has 8 heteroatoms. The van der Waals surface area contributed by atoms with Gasteiger partial charge in [0.15, 0.2) is 0 Å². The minimum atomic E-state index is -2.88. The van der Waals surface area contributed by atoms with Crippen LogP contribution in [0.1, 0.15) is 10.5 Å². The van der Waals surface area contributed by atoms with Crippen LogP contribution in [0.5, 0.6) is 11.5 Å². The third-order valence-electron chi connectivity index (χ3n) is 3.53. The first-order valence-corrected chi connectivity index (χ1v) is 7.61. The molecule has 0 aliphatic heterocycles. The molecule has 0 spiro atoms. The summed E-state index contributed by atoms with van der Waals surface area (Å²) in [5, 5.41) is 9.46. The van der Waals surface area contributed by atoms with Gasteiger partial charge < -0.3 is 14.8 Å². The van der Waals surface area contributed by atoms with Crippen LogP contribution in [0.25, 0.3) is 11.3 Å². The monoisotopic (exact) mass is 359 g/mol. The number of halogens is 2. The second-order valence-corrected chi connectivity index (χ2v) is 5.26. The highest BCUT2D eigenvalue weighted by Gasteiger charge is 2.12. The first-order valence-electron chi connectivity index (χ1n) is 7.61. The maximum absolute atomic E-state index is 12.3. The van der Waals surface area contributed by atoms with Gasteiger partial charge in [-0.1, -0.05) is 6.07 Å². The standard InChI is InChI=1S/C18H15F2N3O3/c1-25-14-4-2-3-12(9-14)21-17(24)16-10-15(22-23-16)11-5-7-13(8-6-11)26-18(19)20/h2-10,18H,1H3,(H,21,24)(H,22,23). The van der Waals surface area contributed by atoms with E-state index in [-0.39, 0.29) is 17.4 Å². The van der Waals surface area contributed by atoms with E-state index in [9.17, 15) is 13.6 Å². The molecule has 0 saturated carbocycles. The second kappa shape index (κ2) is 7.64. The number of hydrogen-bond donors (Lipinski definition) is 2. The van der Waals surface area contributed by atoms with E-state index in [0.29, 0.717) is 22.7 Å². The average Bonchev–Trinajstić information content (AvgIpc) is 3.12. The van der Waals surface area contributed by atoms with Crippen molar-refractivity contribution in [3.05, 3.63) is 60.3 Å². The van der Waals surface area contributed by atoms with Gasteiger partial charge in [-0.05, 0) is 42.5 Å². The lowest BCUT2D eigenvalue weighted by atomic mass is 10.1. The van der Waals surface area contributed by atoms with Crippen LogP contribution in [0.2, 0.25) is 0 Å². The Bertz CT molecular complexity index is 895. The maximum atomic E-state index is 12.3. The largest absolute Gasteiger partial charge is 0.497 e. The number of aromatic amines is 1. The highest BCUT2D eigenvalue weighted by molar-refractivity contribution is 6.03. The van der Waals surface area contributed by atoms with Crippen molar-refractivity contribution in [3.63, 3.8) is 0 Å². The van der Waals surface area contributed by atoms with E-state index >= 15 is 0 Å². The molecule has 26 heavy (non-hydrogen) atoms. The Morgan fingerprint density at radius 2 is 1.88 bits per heavy atom. The summed E-state index contributed by atoms with van der Waals surface area (Å²) in [6, 6.07) is 14.5. The first kappa shape index (κ1) is 17.4. The molecule has 3 aromatic rings. The van der Waals surface area contributed by atoms with E-state index in [4.69, 9.17) is 4.74 Å². The Morgan fingerprint density at radius 1 is 1.12 bits per heavy atom. The van der Waals surface area contributed by atoms with Gasteiger partial charge >= 0.3 is 6.61 Å². The summed E-state index contributed by atoms with van der Waals surface area (Å²) in [5.74, 6) is 0.309. The number of nitrogens with zero attached hydrogens (tertiary/aromatic N) is 1. The van der Waals surface area contributed by atoms with Gasteiger partial charge in [0.05, 0.1) is 12.8 Å². The lowest BCUT2D eigenvalue weighted by Crippen LogP contribution is -2.12. The van der Waals surface area contributed by atoms with E-state index in [1.165, 1.54) is 12.1 Å². The molecule has 0 aliphatic carbocycles. The number of aromatic nitrogens is 2. The molecule has 0 bridgehead atoms. The molecular formula is C18H15F2N3O3. The molecule has 0 fully saturated rings. The van der Waals surface area contributed by atoms with Crippen molar-refractivity contribution in [2.75, 3.05) is 12.4 Å². The molecule has 0 radical (unpaired) electrons. The normalized spacial score (nSPS) is 10.6. The van der Waals surface area contributed by atoms with Crippen molar-refractivity contribution in [1.29, 1.82) is 0 Å². The van der Waals surface area contributed by atoms with Gasteiger partial charge in [0, 0.05) is 17.3 Å². The predicted octanol–water partition coefficient (Wildman–Crippen LogP) is 3.94. The van der Waals surface area contributed by atoms with Gasteiger partial charge in [-0.2, -0.15) is 13.9 Å². The molecule has 6 nitrogen and oxygen atoms in total. The number of alkyl halides is 2. The molecule has 2 N–H and O–H groups in total. The third kappa shape index (κ3) is 4.15. The Balaban J connectivity index is 1.71. The summed E-state index contributed by atoms with van der Waals surface area (Å²) >= 11 is 0. The van der Waals surface area contributed by atoms with Crippen LogP contribution in [0.4, 0.5) is 14.5 Å². The smallest absolute Gasteiger partial charge is 0.387 e. The van der Waals surface area contributed by atoms with Crippen molar-refractivity contribution >= 4 is 11.6 Å². The molecule has 134 valence electrons. The minimum absolute atomic E-state index is 0.0512. The summed E-state index contributed by atoms with van der Waals surface area (Å²) in [7, 11) is 1.54. The van der Waals surface area contributed by atoms with Gasteiger partial charge in [-0.15, -0.1) is 0 Å². The zero-order valence-corrected chi connectivity index (χ0v) is 13.7. The molecule has 0 atom stereocenters. The molecule has 1 heterocycles. The maximum Gasteiger partial charge on any atom is 0.387 e. The Morgan fingerprint density at radius 3 is 2.58 bits per heavy atom. The number of benzene rings is 2. The lowest BCUT2D eigenvalue weighted by Gasteiger charge is -2.05. The first-order chi connectivity index (χ1) is 12.5. The van der Waals surface area contributed by atoms with Crippen molar-refractivity contribution < 1.29 is 23.0 Å². The van der Waals surface area contributed by atoms with Gasteiger partial charge in [-0.25, -0.2) is 0 Å². The number of rotatable bonds is 6. The summed E-state index contributed by atoms with van der Waals surface area (Å²) in [5.41, 5.74) is 2.00. The number of methoxy groups -OCH3 is 1. The van der Waals surface area contributed by atoms with E-state index in [2.05, 4.69) is 20.3 Å². The number of amides is 1. The second-order valence-electron chi connectivity index (χ2n) is 5.26. The highest BCUT2D eigenvalue weighted by atomic mass is 19.3. The number of carbonyl (C=O) groups excluding carboxylic acids is 1. The summed E-state index contributed by atoms with van der Waals surface area (Å²) in [4.78, 5) is 12.3. The molecule has 1 amide bonds. The quantitative estimate of drug-likeness (QED) is 0.699. The van der Waals surface area contributed by atoms with E-state index in [1.807, 2.05) is 0 Å². The zero-order chi connectivity index (χ0) is 18.5. The molecule has 3 rings (SSSR count). The third-order valence-corrected chi connectivity index (χ3v) is 3.53. The van der Waals surface area contributed by atoms with E-state index < -0.39 is 6.61 Å². The van der Waals surface area contributed by atoms with Gasteiger partial charge in [0.2, 0.25) is 0 Å². The fourth-order valence-electron chi connectivity index (χ4n) is 2.29. The number of anilines is 1. The molecule has 0 unspecified atom stereocenters. The number of ether oxygens (including phenoxy) is 2. The summed E-state index contributed by atoms with van der Waals surface area (Å²) < 4.78 is 33.7. The number of H-pyrrole nitrogens is 1. The van der Waals surface area contributed by atoms with Crippen molar-refractivity contribution in [2.24, 2.45) is 0 Å². The molecule has 0 aliphatic rings. The van der Waals surface area contributed by atoms with Crippen LogP contribution in [0.3, 0.4) is 0 Å². The predicted molar refractivity (Wildman–Crippen MR) is 91.6 cm³/mol. The average molecular weight is 359 g/mol. The summed E-state index contributed by atoms with van der Waals surface area (Å²) in [6.07, 6.45) is 0. The fraction of sp³-hybridized carbons (Fsp3) is 0.111. The van der Waals surface area contributed by atoms with E-state index in [1.54, 1.807) is 49.6 Å². The van der Waals surface area contributed by atoms with Crippen LogP contribution in [0, 0.1) is 0 Å². The van der Waals surface area contributed by atoms with Gasteiger partial charge in [-0.3, -0.25) is 9.89 Å². The Labute approximate surface area is 147 Å². The molecule has 0 saturated heterocycles. The molecule has 1 aromatic heterocycles. The fourth-order valence-corrected chi connectivity index (χ4v) is 2.29. The Hall–Kier alpha value is -3.42. The van der Waals surface area contributed by atoms with E-state index in [0.717, 1.165) is 0 Å². The number of hydrogen-bond acceptors (Lipinski definition) is 4. The highest BCUT2D eigenvalue weighted by Crippen LogP contribution is 2.23. The molecule has 2 aromatic carbocycles. The van der Waals surface area contributed by atoms with Crippen LogP contribution in [0.15, 0.2) is 54.6 Å². The summed E-state index contributed by atoms with van der Waals surface area (Å²) in [6.45, 7) is -2.88. The Kier molecular flexibility index (Phi) is 5.12. The van der Waals surface area contributed by atoms with Crippen molar-refractivity contribution in [3.8, 4) is 22.8 Å². The zero-order valence-electron chi connectivity index (χ0n) is 13.7. The molecular weight excluding hydrogens is 344 g/mol. The topological polar surface area (TPSA) is 76.2 Å². The van der Waals surface area contributed by atoms with Crippen molar-refractivity contribution in [1.82, 2.24) is 10.2 Å². The van der Waals surface area contributed by atoms with Gasteiger partial charge in [0.25, 0.3) is 5.91 Å². The van der Waals surface area contributed by atoms with Crippen LogP contribution < -0.4 is 14.8 Å². The lowest BCUT2D eigenvalue weighted by molar-refractivity contribution is -0.0498. The van der Waals surface area contributed by atoms with Gasteiger partial charge in [0.1, 0.15) is 17.2 Å². The number of carbonyl (C=O) groups is 1. The van der Waals surface area contributed by atoms with Crippen LogP contribution in [-0.4, -0.2) is 29.8 Å². The minimum Gasteiger partial charge on any atom is -0.497 e.